The van der Waals surface area contributed by atoms with Crippen molar-refractivity contribution in [3.63, 3.8) is 0 Å². The van der Waals surface area contributed by atoms with Crippen LogP contribution in [0.25, 0.3) is 0 Å². The van der Waals surface area contributed by atoms with E-state index < -0.39 is 0 Å². The van der Waals surface area contributed by atoms with Crippen LogP contribution in [0.15, 0.2) is 16.5 Å². The van der Waals surface area contributed by atoms with Crippen molar-refractivity contribution in [2.24, 2.45) is 5.41 Å². The second-order valence-corrected chi connectivity index (χ2v) is 8.87. The number of likely N-dealkylation sites (N-methyl/N-ethyl adjacent to an activating group) is 1. The molecule has 4 rings (SSSR count). The molecule has 3 aliphatic rings. The van der Waals surface area contributed by atoms with Crippen LogP contribution in [-0.2, 0) is 16.1 Å². The number of likely N-dealkylation sites (tertiary alicyclic amines) is 2. The summed E-state index contributed by atoms with van der Waals surface area (Å²) in [6, 6.07) is 4.03. The Balaban J connectivity index is 1.39. The van der Waals surface area contributed by atoms with Crippen LogP contribution >= 0.6 is 0 Å². The summed E-state index contributed by atoms with van der Waals surface area (Å²) < 4.78 is 5.70. The molecule has 3 heterocycles. The predicted octanol–water partition coefficient (Wildman–Crippen LogP) is 2.85. The molecule has 1 unspecified atom stereocenters. The summed E-state index contributed by atoms with van der Waals surface area (Å²) in [5.74, 6) is 2.17. The SMILES string of the molecule is CCN1C(=O)C2(CCN(Cc3ccc(C)o3)CC2)CC1C(=O)NC1CCCC1. The van der Waals surface area contributed by atoms with Gasteiger partial charge in [-0.25, -0.2) is 0 Å². The topological polar surface area (TPSA) is 65.8 Å². The zero-order valence-corrected chi connectivity index (χ0v) is 17.2. The van der Waals surface area contributed by atoms with Gasteiger partial charge in [-0.3, -0.25) is 14.5 Å². The molecule has 2 saturated heterocycles. The van der Waals surface area contributed by atoms with Gasteiger partial charge in [0.1, 0.15) is 17.6 Å². The molecular formula is C22H33N3O3. The Hall–Kier alpha value is -1.82. The molecule has 1 aliphatic carbocycles. The fourth-order valence-electron chi connectivity index (χ4n) is 5.33. The van der Waals surface area contributed by atoms with Crippen LogP contribution in [0.4, 0.5) is 0 Å². The molecule has 1 atom stereocenters. The smallest absolute Gasteiger partial charge is 0.243 e. The van der Waals surface area contributed by atoms with E-state index in [0.717, 1.165) is 56.8 Å². The van der Waals surface area contributed by atoms with Crippen LogP contribution in [0.3, 0.4) is 0 Å². The van der Waals surface area contributed by atoms with Gasteiger partial charge in [-0.1, -0.05) is 12.8 Å². The van der Waals surface area contributed by atoms with Crippen LogP contribution in [0.5, 0.6) is 0 Å². The van der Waals surface area contributed by atoms with Crippen molar-refractivity contribution in [2.75, 3.05) is 19.6 Å². The van der Waals surface area contributed by atoms with E-state index in [4.69, 9.17) is 4.42 Å². The summed E-state index contributed by atoms with van der Waals surface area (Å²) in [5, 5.41) is 3.22. The lowest BCUT2D eigenvalue weighted by Gasteiger charge is -2.37. The van der Waals surface area contributed by atoms with Gasteiger partial charge in [0, 0.05) is 12.6 Å². The zero-order chi connectivity index (χ0) is 19.7. The van der Waals surface area contributed by atoms with E-state index in [-0.39, 0.29) is 23.3 Å². The highest BCUT2D eigenvalue weighted by atomic mass is 16.3. The molecule has 0 aromatic carbocycles. The summed E-state index contributed by atoms with van der Waals surface area (Å²) in [6.45, 7) is 7.10. The summed E-state index contributed by atoms with van der Waals surface area (Å²) >= 11 is 0. The molecule has 1 aromatic rings. The number of nitrogens with zero attached hydrogens (tertiary/aromatic N) is 2. The number of carbonyl (C=O) groups is 2. The van der Waals surface area contributed by atoms with E-state index in [1.54, 1.807) is 0 Å². The van der Waals surface area contributed by atoms with Crippen molar-refractivity contribution < 1.29 is 14.0 Å². The molecule has 3 fully saturated rings. The average Bonchev–Trinajstić information content (AvgIpc) is 3.39. The first-order valence-corrected chi connectivity index (χ1v) is 10.9. The minimum Gasteiger partial charge on any atom is -0.465 e. The zero-order valence-electron chi connectivity index (χ0n) is 17.2. The lowest BCUT2D eigenvalue weighted by atomic mass is 9.76. The minimum atomic E-state index is -0.358. The molecule has 1 N–H and O–H groups in total. The second kappa shape index (κ2) is 7.90. The van der Waals surface area contributed by atoms with E-state index in [2.05, 4.69) is 10.2 Å². The number of hydrogen-bond donors (Lipinski definition) is 1. The van der Waals surface area contributed by atoms with E-state index in [0.29, 0.717) is 19.0 Å². The number of furan rings is 1. The normalized spacial score (nSPS) is 25.7. The van der Waals surface area contributed by atoms with Crippen molar-refractivity contribution in [3.05, 3.63) is 23.7 Å². The molecule has 0 radical (unpaired) electrons. The van der Waals surface area contributed by atoms with Crippen molar-refractivity contribution >= 4 is 11.8 Å². The van der Waals surface area contributed by atoms with E-state index >= 15 is 0 Å². The van der Waals surface area contributed by atoms with Crippen LogP contribution in [-0.4, -0.2) is 53.3 Å². The third-order valence-corrected chi connectivity index (χ3v) is 7.01. The fraction of sp³-hybridized carbons (Fsp3) is 0.727. The standard InChI is InChI=1S/C22H33N3O3/c1-3-25-19(20(26)23-17-6-4-5-7-17)14-22(21(25)27)10-12-24(13-11-22)15-18-9-8-16(2)28-18/h8-9,17,19H,3-7,10-15H2,1-2H3,(H,23,26). The maximum absolute atomic E-state index is 13.2. The van der Waals surface area contributed by atoms with Gasteiger partial charge in [0.05, 0.1) is 12.0 Å². The van der Waals surface area contributed by atoms with E-state index in [1.165, 1.54) is 12.8 Å². The first kappa shape index (κ1) is 19.5. The highest BCUT2D eigenvalue weighted by Gasteiger charge is 2.54. The van der Waals surface area contributed by atoms with Gasteiger partial charge in [0.2, 0.25) is 11.8 Å². The van der Waals surface area contributed by atoms with Gasteiger partial charge in [-0.15, -0.1) is 0 Å². The highest BCUT2D eigenvalue weighted by Crippen LogP contribution is 2.44. The number of hydrogen-bond acceptors (Lipinski definition) is 4. The first-order valence-electron chi connectivity index (χ1n) is 10.9. The van der Waals surface area contributed by atoms with Gasteiger partial charge in [0.15, 0.2) is 0 Å². The van der Waals surface area contributed by atoms with Crippen LogP contribution < -0.4 is 5.32 Å². The van der Waals surface area contributed by atoms with Crippen LogP contribution in [0.1, 0.15) is 63.4 Å². The Morgan fingerprint density at radius 2 is 1.96 bits per heavy atom. The monoisotopic (exact) mass is 387 g/mol. The summed E-state index contributed by atoms with van der Waals surface area (Å²) in [4.78, 5) is 30.4. The van der Waals surface area contributed by atoms with Crippen molar-refractivity contribution in [1.82, 2.24) is 15.1 Å². The summed E-state index contributed by atoms with van der Waals surface area (Å²) in [7, 11) is 0. The number of amides is 2. The largest absolute Gasteiger partial charge is 0.465 e. The van der Waals surface area contributed by atoms with E-state index in [1.807, 2.05) is 30.9 Å². The first-order chi connectivity index (χ1) is 13.5. The molecule has 28 heavy (non-hydrogen) atoms. The van der Waals surface area contributed by atoms with Gasteiger partial charge in [-0.05, 0) is 71.2 Å². The van der Waals surface area contributed by atoms with Crippen LogP contribution in [0, 0.1) is 12.3 Å². The lowest BCUT2D eigenvalue weighted by molar-refractivity contribution is -0.141. The fourth-order valence-corrected chi connectivity index (χ4v) is 5.33. The molecule has 0 bridgehead atoms. The van der Waals surface area contributed by atoms with Gasteiger partial charge in [0.25, 0.3) is 0 Å². The Labute approximate surface area is 167 Å². The minimum absolute atomic E-state index is 0.0625. The second-order valence-electron chi connectivity index (χ2n) is 8.87. The number of aryl methyl sites for hydroxylation is 1. The molecule has 6 heteroatoms. The Kier molecular flexibility index (Phi) is 5.50. The molecule has 6 nitrogen and oxygen atoms in total. The number of piperidine rings is 1. The third kappa shape index (κ3) is 3.71. The highest BCUT2D eigenvalue weighted by molar-refractivity contribution is 5.94. The van der Waals surface area contributed by atoms with Crippen molar-refractivity contribution in [2.45, 2.75) is 77.4 Å². The lowest BCUT2D eigenvalue weighted by Crippen LogP contribution is -2.47. The molecule has 1 aromatic heterocycles. The molecule has 2 aliphatic heterocycles. The van der Waals surface area contributed by atoms with Crippen molar-refractivity contribution in [1.29, 1.82) is 0 Å². The Bertz CT molecular complexity index is 714. The molecule has 154 valence electrons. The number of carbonyl (C=O) groups excluding carboxylic acids is 2. The van der Waals surface area contributed by atoms with Crippen molar-refractivity contribution in [3.8, 4) is 0 Å². The van der Waals surface area contributed by atoms with Gasteiger partial charge in [-0.2, -0.15) is 0 Å². The van der Waals surface area contributed by atoms with Gasteiger partial charge < -0.3 is 14.6 Å². The molecule has 2 amide bonds. The molecule has 1 spiro atoms. The maximum Gasteiger partial charge on any atom is 0.243 e. The molecular weight excluding hydrogens is 354 g/mol. The molecule has 1 saturated carbocycles. The van der Waals surface area contributed by atoms with E-state index in [9.17, 15) is 9.59 Å². The predicted molar refractivity (Wildman–Crippen MR) is 107 cm³/mol. The number of rotatable bonds is 5. The van der Waals surface area contributed by atoms with Gasteiger partial charge >= 0.3 is 0 Å². The third-order valence-electron chi connectivity index (χ3n) is 7.01. The van der Waals surface area contributed by atoms with Crippen LogP contribution in [0.2, 0.25) is 0 Å². The Morgan fingerprint density at radius 1 is 1.25 bits per heavy atom. The average molecular weight is 388 g/mol. The number of nitrogens with one attached hydrogen (secondary N) is 1. The quantitative estimate of drug-likeness (QED) is 0.844. The summed E-state index contributed by atoms with van der Waals surface area (Å²) in [5.41, 5.74) is -0.358. The summed E-state index contributed by atoms with van der Waals surface area (Å²) in [6.07, 6.45) is 6.87. The Morgan fingerprint density at radius 3 is 2.57 bits per heavy atom. The maximum atomic E-state index is 13.2.